The van der Waals surface area contributed by atoms with E-state index in [1.165, 1.54) is 38.1 Å². The molecule has 0 aliphatic carbocycles. The Morgan fingerprint density at radius 2 is 1.72 bits per heavy atom. The number of nitrogens with zero attached hydrogens (tertiary/aromatic N) is 4. The highest BCUT2D eigenvalue weighted by atomic mass is 35.5. The molecule has 15 nitrogen and oxygen atoms in total. The molecule has 1 fully saturated rings. The van der Waals surface area contributed by atoms with E-state index in [1.807, 2.05) is 0 Å². The number of sulfonamides is 1. The number of amides is 2. The third-order valence-corrected chi connectivity index (χ3v) is 11.2. The van der Waals surface area contributed by atoms with Gasteiger partial charge in [0.25, 0.3) is 5.91 Å². The molecule has 0 bridgehead atoms. The second-order valence-electron chi connectivity index (χ2n) is 12.1. The monoisotopic (exact) mass is 785 g/mol. The van der Waals surface area contributed by atoms with Crippen molar-refractivity contribution in [3.05, 3.63) is 92.9 Å². The van der Waals surface area contributed by atoms with Crippen LogP contribution in [0.4, 0.5) is 0 Å². The van der Waals surface area contributed by atoms with Gasteiger partial charge in [-0.1, -0.05) is 40.5 Å². The number of carbonyl (C=O) groups is 4. The summed E-state index contributed by atoms with van der Waals surface area (Å²) in [5.74, 6) is -1.29. The van der Waals surface area contributed by atoms with Crippen molar-refractivity contribution in [2.24, 2.45) is 10.9 Å². The molecule has 0 radical (unpaired) electrons. The minimum absolute atomic E-state index is 0.0237. The number of nitrogens with two attached hydrogens (primary N) is 1. The normalized spacial score (nSPS) is 15.0. The molecule has 18 heteroatoms. The minimum atomic E-state index is -4.25. The Bertz CT molecular complexity index is 2210. The van der Waals surface area contributed by atoms with Crippen LogP contribution in [-0.4, -0.2) is 77.2 Å². The lowest BCUT2D eigenvalue weighted by atomic mass is 10.1. The Hall–Kier alpha value is -5.03. The number of hydrogen-bond donors (Lipinski definition) is 3. The summed E-state index contributed by atoms with van der Waals surface area (Å²) < 4.78 is 36.7. The number of ketones is 1. The molecule has 5 rings (SSSR count). The molecule has 2 aromatic heterocycles. The number of halogens is 2. The Morgan fingerprint density at radius 1 is 1.02 bits per heavy atom. The quantitative estimate of drug-likeness (QED) is 0.0419. The number of imidazole rings is 1. The largest absolute Gasteiger partial charge is 0.485 e. The molecule has 1 aliphatic heterocycles. The van der Waals surface area contributed by atoms with Crippen LogP contribution in [0.2, 0.25) is 10.0 Å². The van der Waals surface area contributed by atoms with E-state index >= 15 is 0 Å². The lowest BCUT2D eigenvalue weighted by molar-refractivity contribution is -0.141. The summed E-state index contributed by atoms with van der Waals surface area (Å²) in [4.78, 5) is 57.6. The van der Waals surface area contributed by atoms with E-state index in [1.54, 1.807) is 41.8 Å². The zero-order valence-electron chi connectivity index (χ0n) is 29.0. The first-order chi connectivity index (χ1) is 25.2. The van der Waals surface area contributed by atoms with Gasteiger partial charge in [0.05, 0.1) is 10.7 Å². The van der Waals surface area contributed by atoms with Crippen molar-refractivity contribution in [1.29, 1.82) is 0 Å². The summed E-state index contributed by atoms with van der Waals surface area (Å²) in [7, 11) is -4.25. The lowest BCUT2D eigenvalue weighted by Crippen LogP contribution is -2.46. The number of oxime groups is 1. The molecule has 2 amide bonds. The van der Waals surface area contributed by atoms with Gasteiger partial charge in [-0.2, -0.15) is 4.31 Å². The summed E-state index contributed by atoms with van der Waals surface area (Å²) >= 11 is 13.2. The Morgan fingerprint density at radius 3 is 2.42 bits per heavy atom. The second kappa shape index (κ2) is 16.8. The first kappa shape index (κ1) is 39.2. The van der Waals surface area contributed by atoms with E-state index in [-0.39, 0.29) is 64.3 Å². The number of amidine groups is 1. The first-order valence-corrected chi connectivity index (χ1v) is 18.7. The Kier molecular flexibility index (Phi) is 12.4. The lowest BCUT2D eigenvalue weighted by Gasteiger charge is -2.24. The van der Waals surface area contributed by atoms with Gasteiger partial charge in [-0.15, -0.1) is 0 Å². The number of rotatable bonds is 14. The van der Waals surface area contributed by atoms with Gasteiger partial charge >= 0.3 is 5.97 Å². The fourth-order valence-electron chi connectivity index (χ4n) is 5.85. The Labute approximate surface area is 315 Å². The smallest absolute Gasteiger partial charge is 0.332 e. The molecular weight excluding hydrogens is 749 g/mol. The van der Waals surface area contributed by atoms with Crippen molar-refractivity contribution in [3.63, 3.8) is 0 Å². The summed E-state index contributed by atoms with van der Waals surface area (Å²) in [6.45, 7) is 4.69. The first-order valence-electron chi connectivity index (χ1n) is 16.5. The number of ether oxygens (including phenoxy) is 1. The number of aryl methyl sites for hydroxylation is 1. The molecule has 0 unspecified atom stereocenters. The van der Waals surface area contributed by atoms with Crippen LogP contribution in [0.5, 0.6) is 5.75 Å². The van der Waals surface area contributed by atoms with Crippen molar-refractivity contribution in [2.75, 3.05) is 19.6 Å². The third kappa shape index (κ3) is 8.79. The van der Waals surface area contributed by atoms with Gasteiger partial charge < -0.3 is 25.9 Å². The van der Waals surface area contributed by atoms with Gasteiger partial charge in [0, 0.05) is 61.4 Å². The maximum Gasteiger partial charge on any atom is 0.332 e. The number of nitrogens with one attached hydrogen (secondary N) is 2. The van der Waals surface area contributed by atoms with Gasteiger partial charge in [-0.3, -0.25) is 18.8 Å². The van der Waals surface area contributed by atoms with E-state index in [4.69, 9.17) is 33.7 Å². The van der Waals surface area contributed by atoms with Crippen molar-refractivity contribution < 1.29 is 37.2 Å². The Balaban J connectivity index is 1.18. The summed E-state index contributed by atoms with van der Waals surface area (Å²) in [5.41, 5.74) is 8.16. The van der Waals surface area contributed by atoms with Crippen LogP contribution < -0.4 is 21.1 Å². The molecule has 3 heterocycles. The van der Waals surface area contributed by atoms with Gasteiger partial charge in [-0.05, 0) is 62.6 Å². The van der Waals surface area contributed by atoms with Crippen molar-refractivity contribution in [3.8, 4) is 5.75 Å². The number of aromatic nitrogens is 2. The summed E-state index contributed by atoms with van der Waals surface area (Å²) in [5, 5.41) is 9.08. The van der Waals surface area contributed by atoms with Gasteiger partial charge in [0.15, 0.2) is 23.0 Å². The zero-order chi connectivity index (χ0) is 38.4. The predicted octanol–water partition coefficient (Wildman–Crippen LogP) is 4.00. The fraction of sp³-hybridized carbons (Fsp3) is 0.314. The van der Waals surface area contributed by atoms with E-state index in [9.17, 15) is 27.6 Å². The van der Waals surface area contributed by atoms with Crippen LogP contribution >= 0.6 is 23.2 Å². The number of carbonyl (C=O) groups excluding carboxylic acids is 4. The minimum Gasteiger partial charge on any atom is -0.485 e. The molecule has 4 aromatic rings. The average Bonchev–Trinajstić information content (AvgIpc) is 3.76. The highest BCUT2D eigenvalue weighted by Gasteiger charge is 2.40. The van der Waals surface area contributed by atoms with E-state index in [2.05, 4.69) is 25.6 Å². The predicted molar refractivity (Wildman–Crippen MR) is 197 cm³/mol. The van der Waals surface area contributed by atoms with Crippen LogP contribution in [-0.2, 0) is 31.1 Å². The molecule has 1 atom stereocenters. The highest BCUT2D eigenvalue weighted by molar-refractivity contribution is 7.89. The summed E-state index contributed by atoms with van der Waals surface area (Å²) in [6, 6.07) is 11.3. The van der Waals surface area contributed by atoms with Crippen molar-refractivity contribution in [2.45, 2.75) is 57.6 Å². The molecule has 2 aromatic carbocycles. The number of hydrogen-bond acceptors (Lipinski definition) is 10. The molecule has 4 N–H and O–H groups in total. The SMILES string of the molecule is CC(=O)O/N=C(/N)c1ccc(C(=O)NCCCNC(=O)[C@@H]2CCCN2S(=O)(=O)c2ccc(Cl)c(COc3cccn4c(C(C)=O)c(C)nc34)c2Cl)cc1. The van der Waals surface area contributed by atoms with Crippen LogP contribution in [0.3, 0.4) is 0 Å². The van der Waals surface area contributed by atoms with Crippen molar-refractivity contribution >= 4 is 68.3 Å². The number of benzene rings is 2. The molecule has 0 saturated carbocycles. The second-order valence-corrected chi connectivity index (χ2v) is 14.7. The van der Waals surface area contributed by atoms with Crippen LogP contribution in [0, 0.1) is 6.92 Å². The van der Waals surface area contributed by atoms with Crippen LogP contribution in [0.25, 0.3) is 5.65 Å². The molecule has 280 valence electrons. The maximum atomic E-state index is 13.9. The molecule has 0 spiro atoms. The molecule has 1 saturated heterocycles. The zero-order valence-corrected chi connectivity index (χ0v) is 31.3. The number of pyridine rings is 1. The van der Waals surface area contributed by atoms with Crippen molar-refractivity contribution in [1.82, 2.24) is 24.3 Å². The molecular formula is C35H37Cl2N7O8S. The summed E-state index contributed by atoms with van der Waals surface area (Å²) in [6.07, 6.45) is 2.85. The van der Waals surface area contributed by atoms with E-state index in [0.717, 1.165) is 4.31 Å². The molecule has 53 heavy (non-hydrogen) atoms. The highest BCUT2D eigenvalue weighted by Crippen LogP contribution is 2.36. The average molecular weight is 787 g/mol. The van der Waals surface area contributed by atoms with Gasteiger partial charge in [0.2, 0.25) is 15.9 Å². The molecule has 1 aliphatic rings. The standard InChI is InChI=1S/C35H37Cl2N7O8S/c1-20-31(21(2)45)43-17-5-8-28(33(43)41-20)51-19-25-26(36)13-14-29(30(25)37)53(49,50)44-18-4-7-27(44)35(48)40-16-6-15-39-34(47)24-11-9-23(10-12-24)32(38)42-52-22(3)46/h5,8-14,17,27H,4,6-7,15-16,18-19H2,1-3H3,(H2,38,42)(H,39,47)(H,40,48)/t27-/m0/s1. The maximum absolute atomic E-state index is 13.9. The van der Waals surface area contributed by atoms with E-state index < -0.39 is 27.9 Å². The number of fused-ring (bicyclic) bond motifs is 1. The van der Waals surface area contributed by atoms with Crippen LogP contribution in [0.1, 0.15) is 70.8 Å². The topological polar surface area (TPSA) is 204 Å². The van der Waals surface area contributed by atoms with E-state index in [0.29, 0.717) is 53.2 Å². The third-order valence-electron chi connectivity index (χ3n) is 8.39. The van der Waals surface area contributed by atoms with Gasteiger partial charge in [-0.25, -0.2) is 18.2 Å². The number of Topliss-reactive ketones (excluding diaryl/α,β-unsaturated/α-hetero) is 1. The fourth-order valence-corrected chi connectivity index (χ4v) is 8.37. The van der Waals surface area contributed by atoms with Gasteiger partial charge in [0.1, 0.15) is 23.2 Å². The van der Waals surface area contributed by atoms with Crippen LogP contribution in [0.15, 0.2) is 64.8 Å².